The molecular formula is C10H12F3N. The molecule has 1 aromatic carbocycles. The first-order valence-corrected chi connectivity index (χ1v) is 4.31. The van der Waals surface area contributed by atoms with Crippen molar-refractivity contribution in [2.45, 2.75) is 25.3 Å². The van der Waals surface area contributed by atoms with Crippen molar-refractivity contribution in [1.29, 1.82) is 0 Å². The lowest BCUT2D eigenvalue weighted by Gasteiger charge is -2.18. The lowest BCUT2D eigenvalue weighted by molar-refractivity contribution is -0.0183. The highest BCUT2D eigenvalue weighted by Crippen LogP contribution is 2.32. The third-order valence-electron chi connectivity index (χ3n) is 1.83. The van der Waals surface area contributed by atoms with E-state index in [0.29, 0.717) is 0 Å². The van der Waals surface area contributed by atoms with E-state index in [4.69, 9.17) is 5.73 Å². The van der Waals surface area contributed by atoms with E-state index in [2.05, 4.69) is 0 Å². The van der Waals surface area contributed by atoms with Gasteiger partial charge in [0, 0.05) is 18.0 Å². The van der Waals surface area contributed by atoms with Crippen LogP contribution in [0.25, 0.3) is 0 Å². The highest BCUT2D eigenvalue weighted by atomic mass is 19.3. The predicted octanol–water partition coefficient (Wildman–Crippen LogP) is 2.65. The second kappa shape index (κ2) is 4.00. The number of benzene rings is 1. The molecule has 0 aliphatic heterocycles. The molecule has 0 saturated heterocycles. The van der Waals surface area contributed by atoms with Gasteiger partial charge in [-0.2, -0.15) is 0 Å². The minimum absolute atomic E-state index is 0.324. The summed E-state index contributed by atoms with van der Waals surface area (Å²) in [5.41, 5.74) is 4.96. The van der Waals surface area contributed by atoms with Crippen LogP contribution in [0.3, 0.4) is 0 Å². The second-order valence-electron chi connectivity index (χ2n) is 3.40. The molecule has 0 spiro atoms. The zero-order chi connectivity index (χ0) is 10.8. The SMILES string of the molecule is CC(N)CC(F)(F)c1cccc(F)c1. The predicted molar refractivity (Wildman–Crippen MR) is 48.6 cm³/mol. The molecule has 0 saturated carbocycles. The van der Waals surface area contributed by atoms with Gasteiger partial charge in [-0.05, 0) is 19.1 Å². The third kappa shape index (κ3) is 2.73. The fourth-order valence-corrected chi connectivity index (χ4v) is 1.24. The quantitative estimate of drug-likeness (QED) is 0.803. The number of nitrogens with two attached hydrogens (primary N) is 1. The van der Waals surface area contributed by atoms with E-state index in [9.17, 15) is 13.2 Å². The van der Waals surface area contributed by atoms with Crippen LogP contribution >= 0.6 is 0 Å². The summed E-state index contributed by atoms with van der Waals surface area (Å²) in [6.07, 6.45) is -0.476. The minimum atomic E-state index is -3.06. The Labute approximate surface area is 80.7 Å². The van der Waals surface area contributed by atoms with Crippen molar-refractivity contribution in [2.75, 3.05) is 0 Å². The van der Waals surface area contributed by atoms with Gasteiger partial charge in [0.15, 0.2) is 0 Å². The first-order valence-electron chi connectivity index (χ1n) is 4.31. The second-order valence-corrected chi connectivity index (χ2v) is 3.40. The van der Waals surface area contributed by atoms with Gasteiger partial charge < -0.3 is 5.73 Å². The van der Waals surface area contributed by atoms with Gasteiger partial charge in [-0.25, -0.2) is 13.2 Å². The van der Waals surface area contributed by atoms with Crippen molar-refractivity contribution in [1.82, 2.24) is 0 Å². The van der Waals surface area contributed by atoms with E-state index in [-0.39, 0.29) is 5.56 Å². The van der Waals surface area contributed by atoms with E-state index in [1.807, 2.05) is 0 Å². The van der Waals surface area contributed by atoms with Gasteiger partial charge in [0.25, 0.3) is 5.92 Å². The standard InChI is InChI=1S/C10H12F3N/c1-7(14)6-10(12,13)8-3-2-4-9(11)5-8/h2-5,7H,6,14H2,1H3. The molecule has 0 amide bonds. The van der Waals surface area contributed by atoms with Crippen molar-refractivity contribution in [3.05, 3.63) is 35.6 Å². The topological polar surface area (TPSA) is 26.0 Å². The fraction of sp³-hybridized carbons (Fsp3) is 0.400. The highest BCUT2D eigenvalue weighted by Gasteiger charge is 2.32. The van der Waals surface area contributed by atoms with E-state index in [1.165, 1.54) is 19.1 Å². The molecule has 0 aromatic heterocycles. The Morgan fingerprint density at radius 1 is 1.43 bits per heavy atom. The van der Waals surface area contributed by atoms with E-state index in [1.54, 1.807) is 0 Å². The number of halogens is 3. The largest absolute Gasteiger partial charge is 0.328 e. The average Bonchev–Trinajstić information content (AvgIpc) is 2.01. The van der Waals surface area contributed by atoms with Crippen LogP contribution in [-0.2, 0) is 5.92 Å². The summed E-state index contributed by atoms with van der Waals surface area (Å²) in [6, 6.07) is 3.81. The maximum absolute atomic E-state index is 13.3. The van der Waals surface area contributed by atoms with Crippen molar-refractivity contribution in [3.8, 4) is 0 Å². The Balaban J connectivity index is 2.91. The number of alkyl halides is 2. The molecule has 0 aliphatic carbocycles. The van der Waals surface area contributed by atoms with Gasteiger partial charge in [0.2, 0.25) is 0 Å². The maximum Gasteiger partial charge on any atom is 0.274 e. The summed E-state index contributed by atoms with van der Waals surface area (Å²) < 4.78 is 39.4. The third-order valence-corrected chi connectivity index (χ3v) is 1.83. The molecule has 1 nitrogen and oxygen atoms in total. The molecule has 0 aliphatic rings. The minimum Gasteiger partial charge on any atom is -0.328 e. The number of hydrogen-bond donors (Lipinski definition) is 1. The molecule has 1 unspecified atom stereocenters. The van der Waals surface area contributed by atoms with Gasteiger partial charge in [-0.1, -0.05) is 12.1 Å². The molecule has 0 bridgehead atoms. The first kappa shape index (κ1) is 11.0. The average molecular weight is 203 g/mol. The van der Waals surface area contributed by atoms with Crippen LogP contribution in [0.4, 0.5) is 13.2 Å². The van der Waals surface area contributed by atoms with Crippen LogP contribution in [0, 0.1) is 5.82 Å². The van der Waals surface area contributed by atoms with Gasteiger partial charge >= 0.3 is 0 Å². The van der Waals surface area contributed by atoms with Crippen LogP contribution in [0.15, 0.2) is 24.3 Å². The Hall–Kier alpha value is -1.03. The smallest absolute Gasteiger partial charge is 0.274 e. The Kier molecular flexibility index (Phi) is 3.16. The van der Waals surface area contributed by atoms with Gasteiger partial charge in [-0.15, -0.1) is 0 Å². The van der Waals surface area contributed by atoms with Crippen molar-refractivity contribution >= 4 is 0 Å². The van der Waals surface area contributed by atoms with E-state index in [0.717, 1.165) is 12.1 Å². The van der Waals surface area contributed by atoms with Crippen molar-refractivity contribution in [3.63, 3.8) is 0 Å². The summed E-state index contributed by atoms with van der Waals surface area (Å²) >= 11 is 0. The van der Waals surface area contributed by atoms with Crippen LogP contribution < -0.4 is 5.73 Å². The van der Waals surface area contributed by atoms with Crippen LogP contribution in [0.1, 0.15) is 18.9 Å². The summed E-state index contributed by atoms with van der Waals surface area (Å²) in [5.74, 6) is -3.72. The van der Waals surface area contributed by atoms with Crippen LogP contribution in [-0.4, -0.2) is 6.04 Å². The molecule has 0 fully saturated rings. The van der Waals surface area contributed by atoms with Crippen LogP contribution in [0.2, 0.25) is 0 Å². The van der Waals surface area contributed by atoms with E-state index >= 15 is 0 Å². The van der Waals surface area contributed by atoms with Gasteiger partial charge in [0.1, 0.15) is 5.82 Å². The zero-order valence-electron chi connectivity index (χ0n) is 7.81. The molecule has 1 atom stereocenters. The molecule has 78 valence electrons. The number of rotatable bonds is 3. The summed E-state index contributed by atoms with van der Waals surface area (Å²) in [7, 11) is 0. The van der Waals surface area contributed by atoms with Crippen molar-refractivity contribution < 1.29 is 13.2 Å². The van der Waals surface area contributed by atoms with Crippen LogP contribution in [0.5, 0.6) is 0 Å². The lowest BCUT2D eigenvalue weighted by atomic mass is 10.0. The molecule has 1 rings (SSSR count). The first-order chi connectivity index (χ1) is 6.42. The summed E-state index contributed by atoms with van der Waals surface area (Å²) in [5, 5.41) is 0. The fourth-order valence-electron chi connectivity index (χ4n) is 1.24. The molecule has 14 heavy (non-hydrogen) atoms. The highest BCUT2D eigenvalue weighted by molar-refractivity contribution is 5.21. The Bertz CT molecular complexity index is 310. The summed E-state index contributed by atoms with van der Waals surface area (Å²) in [4.78, 5) is 0. The normalized spacial score (nSPS) is 14.1. The lowest BCUT2D eigenvalue weighted by Crippen LogP contribution is -2.26. The molecule has 0 heterocycles. The molecule has 2 N–H and O–H groups in total. The molecular weight excluding hydrogens is 191 g/mol. The Morgan fingerprint density at radius 3 is 2.57 bits per heavy atom. The monoisotopic (exact) mass is 203 g/mol. The molecule has 4 heteroatoms. The summed E-state index contributed by atoms with van der Waals surface area (Å²) in [6.45, 7) is 1.49. The Morgan fingerprint density at radius 2 is 2.07 bits per heavy atom. The van der Waals surface area contributed by atoms with Crippen molar-refractivity contribution in [2.24, 2.45) is 5.73 Å². The van der Waals surface area contributed by atoms with E-state index < -0.39 is 24.2 Å². The number of hydrogen-bond acceptors (Lipinski definition) is 1. The van der Waals surface area contributed by atoms with Gasteiger partial charge in [0.05, 0.1) is 0 Å². The van der Waals surface area contributed by atoms with Gasteiger partial charge in [-0.3, -0.25) is 0 Å². The maximum atomic E-state index is 13.3. The molecule has 1 aromatic rings. The molecule has 0 radical (unpaired) electrons. The zero-order valence-corrected chi connectivity index (χ0v) is 7.81.